The Labute approximate surface area is 233 Å². The van der Waals surface area contributed by atoms with Crippen LogP contribution in [-0.4, -0.2) is 68.6 Å². The van der Waals surface area contributed by atoms with Crippen molar-refractivity contribution in [3.8, 4) is 0 Å². The lowest BCUT2D eigenvalue weighted by Gasteiger charge is -2.54. The molecule has 0 aromatic carbocycles. The number of esters is 2. The second-order valence-corrected chi connectivity index (χ2v) is 11.9. The first kappa shape index (κ1) is 34.3. The minimum absolute atomic E-state index is 0.0469. The van der Waals surface area contributed by atoms with E-state index in [1.54, 1.807) is 0 Å². The van der Waals surface area contributed by atoms with Gasteiger partial charge < -0.3 is 31.2 Å². The molecule has 39 heavy (non-hydrogen) atoms. The number of ether oxygens (including phenoxy) is 2. The summed E-state index contributed by atoms with van der Waals surface area (Å²) >= 11 is 0. The summed E-state index contributed by atoms with van der Waals surface area (Å²) in [6.07, 6.45) is 3.13. The van der Waals surface area contributed by atoms with Gasteiger partial charge in [0, 0.05) is 51.2 Å². The fraction of sp³-hybridized carbons (Fsp3) is 0.821. The summed E-state index contributed by atoms with van der Waals surface area (Å²) in [7, 11) is 1.33. The molecule has 0 aromatic heterocycles. The molecular weight excluding hydrogens is 504 g/mol. The van der Waals surface area contributed by atoms with Crippen molar-refractivity contribution < 1.29 is 33.4 Å². The van der Waals surface area contributed by atoms with Crippen molar-refractivity contribution in [2.45, 2.75) is 91.6 Å². The van der Waals surface area contributed by atoms with E-state index < -0.39 is 5.60 Å². The van der Waals surface area contributed by atoms with Gasteiger partial charge in [-0.3, -0.25) is 24.0 Å². The summed E-state index contributed by atoms with van der Waals surface area (Å²) in [5, 5.41) is 8.71. The van der Waals surface area contributed by atoms with Gasteiger partial charge in [0.1, 0.15) is 5.60 Å². The molecule has 1 saturated carbocycles. The Kier molecular flexibility index (Phi) is 14.5. The summed E-state index contributed by atoms with van der Waals surface area (Å²) in [6.45, 7) is 10.9. The molecule has 0 unspecified atom stereocenters. The van der Waals surface area contributed by atoms with Gasteiger partial charge in [-0.15, -0.1) is 0 Å². The third-order valence-corrected chi connectivity index (χ3v) is 7.23. The predicted octanol–water partition coefficient (Wildman–Crippen LogP) is 1.82. The van der Waals surface area contributed by atoms with Gasteiger partial charge in [-0.25, -0.2) is 0 Å². The van der Waals surface area contributed by atoms with E-state index in [0.717, 1.165) is 0 Å². The Morgan fingerprint density at radius 1 is 0.897 bits per heavy atom. The van der Waals surface area contributed by atoms with Gasteiger partial charge in [-0.05, 0) is 70.3 Å². The fourth-order valence-corrected chi connectivity index (χ4v) is 4.99. The summed E-state index contributed by atoms with van der Waals surface area (Å²) in [5.41, 5.74) is 4.58. The fourth-order valence-electron chi connectivity index (χ4n) is 4.99. The van der Waals surface area contributed by atoms with E-state index in [9.17, 15) is 24.0 Å². The van der Waals surface area contributed by atoms with Crippen LogP contribution in [0.5, 0.6) is 0 Å². The number of hydrogen-bond donors (Lipinski definition) is 4. The van der Waals surface area contributed by atoms with Crippen LogP contribution in [0.25, 0.3) is 0 Å². The van der Waals surface area contributed by atoms with E-state index >= 15 is 0 Å². The van der Waals surface area contributed by atoms with Crippen molar-refractivity contribution in [1.29, 1.82) is 0 Å². The first-order chi connectivity index (χ1) is 18.2. The van der Waals surface area contributed by atoms with Crippen molar-refractivity contribution in [2.75, 3.05) is 33.3 Å². The molecule has 0 saturated heterocycles. The zero-order chi connectivity index (χ0) is 29.6. The van der Waals surface area contributed by atoms with Gasteiger partial charge in [0.15, 0.2) is 0 Å². The average molecular weight is 555 g/mol. The maximum atomic E-state index is 12.8. The molecular formula is C28H50N4O7. The molecule has 0 aliphatic heterocycles. The van der Waals surface area contributed by atoms with Crippen molar-refractivity contribution in [3.05, 3.63) is 0 Å². The molecule has 5 N–H and O–H groups in total. The van der Waals surface area contributed by atoms with Gasteiger partial charge in [0.25, 0.3) is 0 Å². The van der Waals surface area contributed by atoms with Gasteiger partial charge in [0.05, 0.1) is 7.11 Å². The molecule has 0 spiro atoms. The molecule has 1 aliphatic carbocycles. The quantitative estimate of drug-likeness (QED) is 0.156. The van der Waals surface area contributed by atoms with E-state index in [-0.39, 0.29) is 72.1 Å². The van der Waals surface area contributed by atoms with Crippen LogP contribution in [0.1, 0.15) is 86.0 Å². The lowest BCUT2D eigenvalue weighted by atomic mass is 9.50. The third-order valence-electron chi connectivity index (χ3n) is 7.23. The molecule has 11 heteroatoms. The molecule has 3 amide bonds. The predicted molar refractivity (Wildman–Crippen MR) is 147 cm³/mol. The molecule has 0 radical (unpaired) electrons. The summed E-state index contributed by atoms with van der Waals surface area (Å²) in [6, 6.07) is 0. The largest absolute Gasteiger partial charge is 0.469 e. The molecule has 11 nitrogen and oxygen atoms in total. The topological polar surface area (TPSA) is 166 Å². The van der Waals surface area contributed by atoms with Gasteiger partial charge in [-0.2, -0.15) is 0 Å². The Hall–Kier alpha value is -2.69. The number of nitrogens with two attached hydrogens (primary N) is 1. The van der Waals surface area contributed by atoms with E-state index in [0.29, 0.717) is 58.3 Å². The van der Waals surface area contributed by atoms with Crippen LogP contribution in [0.3, 0.4) is 0 Å². The van der Waals surface area contributed by atoms with E-state index in [1.165, 1.54) is 7.11 Å². The number of hydrogen-bond acceptors (Lipinski definition) is 8. The molecule has 1 aliphatic rings. The van der Waals surface area contributed by atoms with E-state index in [2.05, 4.69) is 20.7 Å². The second kappa shape index (κ2) is 16.4. The Balaban J connectivity index is 2.67. The number of carbonyl (C=O) groups excluding carboxylic acids is 5. The molecule has 224 valence electrons. The standard InChI is InChI=1S/C28H50N4O7/c1-27(2,3)39-25(36)12-9-14-30-23(34)16-19(18-32-22(33)10-7-13-29)20-17-21(28(20,4)5)26(37)31-15-8-11-24(35)38-6/h19-21H,7-18,29H2,1-6H3,(H,30,34)(H,31,37)(H,32,33)/t19-,20-,21+/m1/s1. The highest BCUT2D eigenvalue weighted by atomic mass is 16.6. The molecule has 3 atom stereocenters. The van der Waals surface area contributed by atoms with Crippen LogP contribution in [0.2, 0.25) is 0 Å². The minimum Gasteiger partial charge on any atom is -0.469 e. The maximum Gasteiger partial charge on any atom is 0.306 e. The molecule has 1 fully saturated rings. The third kappa shape index (κ3) is 12.8. The van der Waals surface area contributed by atoms with Crippen molar-refractivity contribution in [2.24, 2.45) is 28.9 Å². The highest BCUT2D eigenvalue weighted by Gasteiger charge is 2.54. The van der Waals surface area contributed by atoms with Gasteiger partial charge >= 0.3 is 11.9 Å². The smallest absolute Gasteiger partial charge is 0.306 e. The maximum absolute atomic E-state index is 12.8. The highest BCUT2D eigenvalue weighted by Crippen LogP contribution is 2.55. The number of carbonyl (C=O) groups is 5. The SMILES string of the molecule is COC(=O)CCCNC(=O)[C@@H]1C[C@H]([C@@H](CNC(=O)CCCN)CC(=O)NCCCC(=O)OC(C)(C)C)C1(C)C. The number of nitrogens with one attached hydrogen (secondary N) is 3. The van der Waals surface area contributed by atoms with E-state index in [1.807, 2.05) is 34.6 Å². The van der Waals surface area contributed by atoms with Crippen LogP contribution < -0.4 is 21.7 Å². The first-order valence-corrected chi connectivity index (χ1v) is 14.0. The number of amides is 3. The summed E-state index contributed by atoms with van der Waals surface area (Å²) < 4.78 is 9.91. The molecule has 0 bridgehead atoms. The summed E-state index contributed by atoms with van der Waals surface area (Å²) in [5.74, 6) is -1.30. The van der Waals surface area contributed by atoms with Crippen LogP contribution >= 0.6 is 0 Å². The highest BCUT2D eigenvalue weighted by molar-refractivity contribution is 5.81. The molecule has 1 rings (SSSR count). The molecule has 0 aromatic rings. The van der Waals surface area contributed by atoms with Crippen molar-refractivity contribution in [1.82, 2.24) is 16.0 Å². The Morgan fingerprint density at radius 3 is 2.08 bits per heavy atom. The summed E-state index contributed by atoms with van der Waals surface area (Å²) in [4.78, 5) is 61.0. The van der Waals surface area contributed by atoms with Gasteiger partial charge in [0.2, 0.25) is 17.7 Å². The first-order valence-electron chi connectivity index (χ1n) is 14.0. The second-order valence-electron chi connectivity index (χ2n) is 11.9. The minimum atomic E-state index is -0.546. The Morgan fingerprint density at radius 2 is 1.51 bits per heavy atom. The van der Waals surface area contributed by atoms with Crippen LogP contribution in [-0.2, 0) is 33.4 Å². The van der Waals surface area contributed by atoms with Crippen LogP contribution in [0.15, 0.2) is 0 Å². The number of rotatable bonds is 17. The van der Waals surface area contributed by atoms with Crippen molar-refractivity contribution >= 4 is 29.7 Å². The number of methoxy groups -OCH3 is 1. The van der Waals surface area contributed by atoms with Gasteiger partial charge in [-0.1, -0.05) is 13.8 Å². The Bertz CT molecular complexity index is 838. The van der Waals surface area contributed by atoms with Crippen LogP contribution in [0.4, 0.5) is 0 Å². The monoisotopic (exact) mass is 554 g/mol. The van der Waals surface area contributed by atoms with E-state index in [4.69, 9.17) is 10.5 Å². The normalized spacial score (nSPS) is 18.7. The van der Waals surface area contributed by atoms with Crippen molar-refractivity contribution in [3.63, 3.8) is 0 Å². The molecule has 0 heterocycles. The zero-order valence-corrected chi connectivity index (χ0v) is 24.7. The van der Waals surface area contributed by atoms with Crippen LogP contribution in [0, 0.1) is 23.2 Å². The zero-order valence-electron chi connectivity index (χ0n) is 24.7. The lowest BCUT2D eigenvalue weighted by Crippen LogP contribution is -2.56. The lowest BCUT2D eigenvalue weighted by molar-refractivity contribution is -0.155. The average Bonchev–Trinajstić information content (AvgIpc) is 2.84.